The zero-order valence-corrected chi connectivity index (χ0v) is 23.5. The number of rotatable bonds is 9. The molecule has 0 radical (unpaired) electrons. The van der Waals surface area contributed by atoms with Crippen molar-refractivity contribution >= 4 is 21.6 Å². The lowest BCUT2D eigenvalue weighted by Gasteiger charge is -2.17. The minimum absolute atomic E-state index is 0.119. The standard InChI is InChI=1S/C27H33N5O6S/c1-6-19(4)29-39(36,37)24-16-21(32(34)35)11-12-23(24)38-27-20(5)25(26(33)30-13-7-8-14-30)28-31(27)22-15-17(2)9-10-18(22)3/h9-12,15-16,19,29H,6-8,13-14H2,1-5H3/t19-/m1/s1. The number of hydrogen-bond donors (Lipinski definition) is 1. The van der Waals surface area contributed by atoms with Gasteiger partial charge in [0.15, 0.2) is 5.69 Å². The monoisotopic (exact) mass is 555 g/mol. The topological polar surface area (TPSA) is 137 Å². The molecule has 0 spiro atoms. The number of aromatic nitrogens is 2. The van der Waals surface area contributed by atoms with Crippen LogP contribution in [0.15, 0.2) is 41.3 Å². The number of non-ortho nitro benzene ring substituents is 1. The van der Waals surface area contributed by atoms with E-state index in [2.05, 4.69) is 9.82 Å². The third kappa shape index (κ3) is 5.81. The molecule has 4 rings (SSSR count). The van der Waals surface area contributed by atoms with E-state index >= 15 is 0 Å². The first-order chi connectivity index (χ1) is 18.4. The summed E-state index contributed by atoms with van der Waals surface area (Å²) in [5.41, 5.74) is 2.73. The molecule has 0 aliphatic carbocycles. The number of ether oxygens (including phenoxy) is 1. The fourth-order valence-electron chi connectivity index (χ4n) is 4.40. The molecule has 2 aromatic carbocycles. The zero-order chi connectivity index (χ0) is 28.5. The van der Waals surface area contributed by atoms with Crippen molar-refractivity contribution in [3.63, 3.8) is 0 Å². The van der Waals surface area contributed by atoms with Gasteiger partial charge in [-0.3, -0.25) is 14.9 Å². The van der Waals surface area contributed by atoms with Crippen LogP contribution in [0.25, 0.3) is 5.69 Å². The highest BCUT2D eigenvalue weighted by Gasteiger charge is 2.31. The number of benzene rings is 2. The summed E-state index contributed by atoms with van der Waals surface area (Å²) < 4.78 is 36.9. The van der Waals surface area contributed by atoms with Gasteiger partial charge in [0.25, 0.3) is 11.6 Å². The quantitative estimate of drug-likeness (QED) is 0.295. The summed E-state index contributed by atoms with van der Waals surface area (Å²) in [4.78, 5) is 25.6. The van der Waals surface area contributed by atoms with E-state index in [9.17, 15) is 23.3 Å². The number of carbonyl (C=O) groups is 1. The molecular formula is C27H33N5O6S. The second-order valence-corrected chi connectivity index (χ2v) is 11.6. The number of hydrogen-bond acceptors (Lipinski definition) is 7. The molecule has 1 saturated heterocycles. The summed E-state index contributed by atoms with van der Waals surface area (Å²) >= 11 is 0. The van der Waals surface area contributed by atoms with Crippen molar-refractivity contribution in [1.29, 1.82) is 0 Å². The Bertz CT molecular complexity index is 1530. The highest BCUT2D eigenvalue weighted by atomic mass is 32.2. The number of aryl methyl sites for hydroxylation is 2. The fourth-order valence-corrected chi connectivity index (χ4v) is 5.88. The van der Waals surface area contributed by atoms with Gasteiger partial charge in [0, 0.05) is 36.8 Å². The van der Waals surface area contributed by atoms with E-state index in [1.165, 1.54) is 16.8 Å². The number of amides is 1. The van der Waals surface area contributed by atoms with Crippen LogP contribution in [0.2, 0.25) is 0 Å². The zero-order valence-electron chi connectivity index (χ0n) is 22.7. The first-order valence-corrected chi connectivity index (χ1v) is 14.4. The van der Waals surface area contributed by atoms with Gasteiger partial charge in [0.05, 0.1) is 10.6 Å². The average molecular weight is 556 g/mol. The first-order valence-electron chi connectivity index (χ1n) is 12.9. The number of nitrogens with zero attached hydrogens (tertiary/aromatic N) is 4. The fraction of sp³-hybridized carbons (Fsp3) is 0.407. The van der Waals surface area contributed by atoms with Gasteiger partial charge in [0.2, 0.25) is 15.9 Å². The lowest BCUT2D eigenvalue weighted by Crippen LogP contribution is -2.32. The van der Waals surface area contributed by atoms with Crippen molar-refractivity contribution in [2.45, 2.75) is 64.8 Å². The van der Waals surface area contributed by atoms with Crippen LogP contribution >= 0.6 is 0 Å². The second kappa shape index (κ2) is 11.1. The highest BCUT2D eigenvalue weighted by Crippen LogP contribution is 2.37. The van der Waals surface area contributed by atoms with Gasteiger partial charge in [-0.25, -0.2) is 13.1 Å². The molecule has 1 fully saturated rings. The Hall–Kier alpha value is -3.77. The summed E-state index contributed by atoms with van der Waals surface area (Å²) in [6.45, 7) is 10.3. The van der Waals surface area contributed by atoms with Gasteiger partial charge >= 0.3 is 0 Å². The van der Waals surface area contributed by atoms with E-state index in [0.29, 0.717) is 30.8 Å². The van der Waals surface area contributed by atoms with Crippen molar-refractivity contribution in [3.8, 4) is 17.3 Å². The molecule has 208 valence electrons. The van der Waals surface area contributed by atoms with Crippen molar-refractivity contribution in [3.05, 3.63) is 68.9 Å². The van der Waals surface area contributed by atoms with Crippen molar-refractivity contribution in [2.24, 2.45) is 0 Å². The molecule has 0 bridgehead atoms. The van der Waals surface area contributed by atoms with E-state index in [4.69, 9.17) is 4.74 Å². The lowest BCUT2D eigenvalue weighted by atomic mass is 10.1. The van der Waals surface area contributed by atoms with Gasteiger partial charge < -0.3 is 9.64 Å². The molecule has 12 heteroatoms. The van der Waals surface area contributed by atoms with Gasteiger partial charge in [-0.1, -0.05) is 19.1 Å². The number of nitrogens with one attached hydrogen (secondary N) is 1. The second-order valence-electron chi connectivity index (χ2n) is 9.90. The third-order valence-electron chi connectivity index (χ3n) is 6.86. The Labute approximate surface area is 228 Å². The molecule has 3 aromatic rings. The van der Waals surface area contributed by atoms with Crippen LogP contribution in [-0.4, -0.2) is 53.1 Å². The number of likely N-dealkylation sites (tertiary alicyclic amines) is 1. The maximum atomic E-state index is 13.4. The van der Waals surface area contributed by atoms with Gasteiger partial charge in [-0.05, 0) is 70.2 Å². The van der Waals surface area contributed by atoms with E-state index in [0.717, 1.165) is 30.0 Å². The number of carbonyl (C=O) groups excluding carboxylic acids is 1. The molecule has 2 heterocycles. The predicted octanol–water partition coefficient (Wildman–Crippen LogP) is 4.81. The predicted molar refractivity (Wildman–Crippen MR) is 146 cm³/mol. The summed E-state index contributed by atoms with van der Waals surface area (Å²) in [5.74, 6) is -0.194. The SMILES string of the molecule is CC[C@@H](C)NS(=O)(=O)c1cc([N+](=O)[O-])ccc1Oc1c(C)c(C(=O)N2CCCC2)nn1-c1cc(C)ccc1C. The van der Waals surface area contributed by atoms with Crippen LogP contribution in [-0.2, 0) is 10.0 Å². The van der Waals surface area contributed by atoms with Crippen molar-refractivity contribution < 1.29 is 22.9 Å². The Morgan fingerprint density at radius 1 is 1.15 bits per heavy atom. The minimum Gasteiger partial charge on any atom is -0.437 e. The molecule has 1 aliphatic heterocycles. The minimum atomic E-state index is -4.19. The molecule has 1 amide bonds. The lowest BCUT2D eigenvalue weighted by molar-refractivity contribution is -0.385. The van der Waals surface area contributed by atoms with Gasteiger partial charge in [0.1, 0.15) is 10.6 Å². The summed E-state index contributed by atoms with van der Waals surface area (Å²) in [5, 5.41) is 16.1. The first kappa shape index (κ1) is 28.2. The van der Waals surface area contributed by atoms with Gasteiger partial charge in [-0.15, -0.1) is 0 Å². The van der Waals surface area contributed by atoms with E-state index < -0.39 is 26.7 Å². The van der Waals surface area contributed by atoms with E-state index in [1.807, 2.05) is 39.0 Å². The molecule has 39 heavy (non-hydrogen) atoms. The Balaban J connectivity index is 1.90. The summed E-state index contributed by atoms with van der Waals surface area (Å²) in [6.07, 6.45) is 2.35. The molecule has 1 N–H and O–H groups in total. The van der Waals surface area contributed by atoms with Crippen LogP contribution < -0.4 is 9.46 Å². The third-order valence-corrected chi connectivity index (χ3v) is 8.47. The highest BCUT2D eigenvalue weighted by molar-refractivity contribution is 7.89. The van der Waals surface area contributed by atoms with E-state index in [-0.39, 0.29) is 28.1 Å². The molecular weight excluding hydrogens is 522 g/mol. The van der Waals surface area contributed by atoms with Crippen LogP contribution in [0, 0.1) is 30.9 Å². The summed E-state index contributed by atoms with van der Waals surface area (Å²) in [6, 6.07) is 8.78. The Morgan fingerprint density at radius 2 is 1.85 bits per heavy atom. The normalized spacial score (nSPS) is 14.4. The number of sulfonamides is 1. The van der Waals surface area contributed by atoms with E-state index in [1.54, 1.807) is 18.7 Å². The van der Waals surface area contributed by atoms with Crippen LogP contribution in [0.4, 0.5) is 5.69 Å². The van der Waals surface area contributed by atoms with Crippen molar-refractivity contribution in [2.75, 3.05) is 13.1 Å². The molecule has 0 saturated carbocycles. The van der Waals surface area contributed by atoms with Crippen LogP contribution in [0.5, 0.6) is 11.6 Å². The van der Waals surface area contributed by atoms with Crippen LogP contribution in [0.3, 0.4) is 0 Å². The summed E-state index contributed by atoms with van der Waals surface area (Å²) in [7, 11) is -4.19. The van der Waals surface area contributed by atoms with Crippen molar-refractivity contribution in [1.82, 2.24) is 19.4 Å². The number of nitro groups is 1. The maximum absolute atomic E-state index is 13.4. The Morgan fingerprint density at radius 3 is 2.49 bits per heavy atom. The Kier molecular flexibility index (Phi) is 8.07. The maximum Gasteiger partial charge on any atom is 0.274 e. The van der Waals surface area contributed by atoms with Crippen LogP contribution in [0.1, 0.15) is 60.3 Å². The molecule has 1 aromatic heterocycles. The smallest absolute Gasteiger partial charge is 0.274 e. The number of nitro benzene ring substituents is 1. The molecule has 1 atom stereocenters. The largest absolute Gasteiger partial charge is 0.437 e. The molecule has 1 aliphatic rings. The van der Waals surface area contributed by atoms with Gasteiger partial charge in [-0.2, -0.15) is 9.78 Å². The molecule has 0 unspecified atom stereocenters. The molecule has 11 nitrogen and oxygen atoms in total. The average Bonchev–Trinajstić information content (AvgIpc) is 3.54.